The second-order valence-electron chi connectivity index (χ2n) is 4.64. The number of aryl methyl sites for hydroxylation is 1. The Morgan fingerprint density at radius 3 is 2.36 bits per heavy atom. The Labute approximate surface area is 131 Å². The molecule has 2 heterocycles. The van der Waals surface area contributed by atoms with Crippen LogP contribution in [0.25, 0.3) is 22.6 Å². The number of halogens is 1. The molecule has 3 rings (SSSR count). The van der Waals surface area contributed by atoms with Gasteiger partial charge in [-0.15, -0.1) is 0 Å². The fraction of sp³-hybridized carbons (Fsp3) is 0.0714. The lowest BCUT2D eigenvalue weighted by Crippen LogP contribution is -2.11. The standard InChI is InChI=1S/C14H11ClN2O4S/c1-8-13(9-2-4-10(5-3-9)22(16,18)19)14(17-21-8)11-6-7-12(15)20-11/h2-7H,1H3,(H2,16,18,19). The molecule has 0 aliphatic heterocycles. The van der Waals surface area contributed by atoms with E-state index in [1.807, 2.05) is 0 Å². The molecule has 1 aromatic carbocycles. The fourth-order valence-corrected chi connectivity index (χ4v) is 2.79. The zero-order valence-electron chi connectivity index (χ0n) is 11.4. The third kappa shape index (κ3) is 2.66. The van der Waals surface area contributed by atoms with Crippen LogP contribution in [0.3, 0.4) is 0 Å². The topological polar surface area (TPSA) is 99.3 Å². The second-order valence-corrected chi connectivity index (χ2v) is 6.57. The van der Waals surface area contributed by atoms with E-state index in [2.05, 4.69) is 5.16 Å². The van der Waals surface area contributed by atoms with Gasteiger partial charge in [-0.1, -0.05) is 17.3 Å². The van der Waals surface area contributed by atoms with Crippen LogP contribution in [-0.4, -0.2) is 13.6 Å². The van der Waals surface area contributed by atoms with Crippen LogP contribution >= 0.6 is 11.6 Å². The number of sulfonamides is 1. The van der Waals surface area contributed by atoms with E-state index in [4.69, 9.17) is 25.7 Å². The minimum Gasteiger partial charge on any atom is -0.443 e. The maximum atomic E-state index is 11.3. The summed E-state index contributed by atoms with van der Waals surface area (Å²) in [7, 11) is -3.73. The molecule has 0 spiro atoms. The first kappa shape index (κ1) is 14.8. The lowest BCUT2D eigenvalue weighted by Gasteiger charge is -2.03. The van der Waals surface area contributed by atoms with E-state index in [-0.39, 0.29) is 10.1 Å². The van der Waals surface area contributed by atoms with E-state index in [0.717, 1.165) is 5.56 Å². The predicted molar refractivity (Wildman–Crippen MR) is 80.8 cm³/mol. The monoisotopic (exact) mass is 338 g/mol. The average molecular weight is 339 g/mol. The van der Waals surface area contributed by atoms with Gasteiger partial charge < -0.3 is 8.94 Å². The van der Waals surface area contributed by atoms with Crippen molar-refractivity contribution in [3.05, 3.63) is 47.4 Å². The van der Waals surface area contributed by atoms with Crippen molar-refractivity contribution in [1.82, 2.24) is 5.16 Å². The fourth-order valence-electron chi connectivity index (χ4n) is 2.13. The van der Waals surface area contributed by atoms with E-state index in [1.54, 1.807) is 31.2 Å². The van der Waals surface area contributed by atoms with E-state index in [1.165, 1.54) is 12.1 Å². The normalized spacial score (nSPS) is 11.8. The molecule has 6 nitrogen and oxygen atoms in total. The summed E-state index contributed by atoms with van der Waals surface area (Å²) in [6.07, 6.45) is 0. The maximum absolute atomic E-state index is 11.3. The van der Waals surface area contributed by atoms with E-state index in [0.29, 0.717) is 22.8 Å². The Morgan fingerprint density at radius 2 is 1.82 bits per heavy atom. The predicted octanol–water partition coefficient (Wildman–Crippen LogP) is 3.21. The van der Waals surface area contributed by atoms with Gasteiger partial charge in [0.25, 0.3) is 0 Å². The van der Waals surface area contributed by atoms with Gasteiger partial charge in [0.1, 0.15) is 5.76 Å². The van der Waals surface area contributed by atoms with E-state index >= 15 is 0 Å². The van der Waals surface area contributed by atoms with Gasteiger partial charge in [0.05, 0.1) is 10.5 Å². The number of rotatable bonds is 3. The summed E-state index contributed by atoms with van der Waals surface area (Å²) in [5.74, 6) is 1.04. The van der Waals surface area contributed by atoms with Crippen molar-refractivity contribution in [2.75, 3.05) is 0 Å². The molecule has 0 saturated carbocycles. The highest BCUT2D eigenvalue weighted by atomic mass is 35.5. The third-order valence-corrected chi connectivity index (χ3v) is 4.27. The molecular formula is C14H11ClN2O4S. The summed E-state index contributed by atoms with van der Waals surface area (Å²) in [6, 6.07) is 9.41. The average Bonchev–Trinajstić information content (AvgIpc) is 3.04. The van der Waals surface area contributed by atoms with Gasteiger partial charge in [-0.2, -0.15) is 0 Å². The molecule has 0 aliphatic rings. The summed E-state index contributed by atoms with van der Waals surface area (Å²) in [5.41, 5.74) is 1.92. The van der Waals surface area contributed by atoms with Crippen molar-refractivity contribution < 1.29 is 17.4 Å². The number of aromatic nitrogens is 1. The lowest BCUT2D eigenvalue weighted by molar-refractivity contribution is 0.398. The molecule has 0 unspecified atom stereocenters. The maximum Gasteiger partial charge on any atom is 0.238 e. The van der Waals surface area contributed by atoms with Crippen molar-refractivity contribution >= 4 is 21.6 Å². The van der Waals surface area contributed by atoms with Crippen LogP contribution in [0.2, 0.25) is 5.22 Å². The van der Waals surface area contributed by atoms with Gasteiger partial charge in [0.2, 0.25) is 10.0 Å². The molecule has 0 bridgehead atoms. The van der Waals surface area contributed by atoms with Gasteiger partial charge in [-0.3, -0.25) is 0 Å². The zero-order valence-corrected chi connectivity index (χ0v) is 13.0. The summed E-state index contributed by atoms with van der Waals surface area (Å²) in [5, 5.41) is 9.31. The van der Waals surface area contributed by atoms with Crippen molar-refractivity contribution in [3.63, 3.8) is 0 Å². The van der Waals surface area contributed by atoms with Crippen LogP contribution in [0, 0.1) is 6.92 Å². The minimum atomic E-state index is -3.73. The Hall–Kier alpha value is -2.09. The Morgan fingerprint density at radius 1 is 1.14 bits per heavy atom. The number of primary sulfonamides is 1. The highest BCUT2D eigenvalue weighted by Gasteiger charge is 2.19. The molecule has 0 aliphatic carbocycles. The van der Waals surface area contributed by atoms with Crippen molar-refractivity contribution in [2.24, 2.45) is 5.14 Å². The smallest absolute Gasteiger partial charge is 0.238 e. The molecule has 0 radical (unpaired) electrons. The molecular weight excluding hydrogens is 328 g/mol. The van der Waals surface area contributed by atoms with Crippen LogP contribution in [-0.2, 0) is 10.0 Å². The molecule has 3 aromatic rings. The van der Waals surface area contributed by atoms with Gasteiger partial charge in [-0.25, -0.2) is 13.6 Å². The first-order valence-electron chi connectivity index (χ1n) is 6.21. The van der Waals surface area contributed by atoms with Gasteiger partial charge in [-0.05, 0) is 48.4 Å². The molecule has 0 atom stereocenters. The number of hydrogen-bond donors (Lipinski definition) is 1. The van der Waals surface area contributed by atoms with Crippen LogP contribution in [0.5, 0.6) is 0 Å². The molecule has 22 heavy (non-hydrogen) atoms. The molecule has 0 saturated heterocycles. The van der Waals surface area contributed by atoms with Crippen molar-refractivity contribution in [1.29, 1.82) is 0 Å². The molecule has 114 valence electrons. The molecule has 0 amide bonds. The highest BCUT2D eigenvalue weighted by molar-refractivity contribution is 7.89. The number of benzene rings is 1. The summed E-state index contributed by atoms with van der Waals surface area (Å²) in [6.45, 7) is 1.75. The van der Waals surface area contributed by atoms with Gasteiger partial charge in [0, 0.05) is 0 Å². The second kappa shape index (κ2) is 5.28. The van der Waals surface area contributed by atoms with Gasteiger partial charge >= 0.3 is 0 Å². The molecule has 2 aromatic heterocycles. The summed E-state index contributed by atoms with van der Waals surface area (Å²) >= 11 is 5.78. The van der Waals surface area contributed by atoms with Crippen LogP contribution in [0.4, 0.5) is 0 Å². The minimum absolute atomic E-state index is 0.0351. The zero-order chi connectivity index (χ0) is 15.9. The third-order valence-electron chi connectivity index (χ3n) is 3.14. The Bertz CT molecular complexity index is 926. The number of furan rings is 1. The van der Waals surface area contributed by atoms with Crippen LogP contribution in [0.1, 0.15) is 5.76 Å². The van der Waals surface area contributed by atoms with E-state index < -0.39 is 10.0 Å². The van der Waals surface area contributed by atoms with E-state index in [9.17, 15) is 8.42 Å². The molecule has 8 heteroatoms. The Kier molecular flexibility index (Phi) is 3.56. The quantitative estimate of drug-likeness (QED) is 0.790. The molecule has 0 fully saturated rings. The van der Waals surface area contributed by atoms with Crippen LogP contribution < -0.4 is 5.14 Å². The first-order chi connectivity index (χ1) is 10.4. The SMILES string of the molecule is Cc1onc(-c2ccc(Cl)o2)c1-c1ccc(S(N)(=O)=O)cc1. The number of nitrogens with two attached hydrogens (primary N) is 1. The number of hydrogen-bond acceptors (Lipinski definition) is 5. The largest absolute Gasteiger partial charge is 0.443 e. The van der Waals surface area contributed by atoms with Crippen molar-refractivity contribution in [2.45, 2.75) is 11.8 Å². The highest BCUT2D eigenvalue weighted by Crippen LogP contribution is 2.36. The number of nitrogens with zero attached hydrogens (tertiary/aromatic N) is 1. The first-order valence-corrected chi connectivity index (χ1v) is 8.14. The lowest BCUT2D eigenvalue weighted by atomic mass is 10.0. The molecule has 2 N–H and O–H groups in total. The Balaban J connectivity index is 2.11. The van der Waals surface area contributed by atoms with Crippen molar-refractivity contribution in [3.8, 4) is 22.6 Å². The van der Waals surface area contributed by atoms with Gasteiger partial charge in [0.15, 0.2) is 16.7 Å². The summed E-state index contributed by atoms with van der Waals surface area (Å²) < 4.78 is 33.2. The summed E-state index contributed by atoms with van der Waals surface area (Å²) in [4.78, 5) is 0.0351. The van der Waals surface area contributed by atoms with Crippen LogP contribution in [0.15, 0.2) is 50.2 Å².